The van der Waals surface area contributed by atoms with Crippen LogP contribution in [0.2, 0.25) is 0 Å². The second kappa shape index (κ2) is 7.22. The third-order valence-electron chi connectivity index (χ3n) is 3.03. The van der Waals surface area contributed by atoms with Gasteiger partial charge in [0.1, 0.15) is 16.6 Å². The Balaban J connectivity index is 2.84. The van der Waals surface area contributed by atoms with E-state index in [1.54, 1.807) is 11.2 Å². The number of aliphatic hydroxyl groups excluding tert-OH is 1. The number of aliphatic hydroxyl groups is 1. The lowest BCUT2D eigenvalue weighted by Crippen LogP contribution is -2.35. The largest absolute Gasteiger partial charge is 0.393 e. The number of likely N-dealkylation sites (tertiary alicyclic amines) is 1. The molecule has 1 N–H and O–H groups in total. The van der Waals surface area contributed by atoms with Crippen molar-refractivity contribution in [2.45, 2.75) is 25.9 Å². The van der Waals surface area contributed by atoms with E-state index in [1.807, 2.05) is 21.0 Å². The van der Waals surface area contributed by atoms with Crippen LogP contribution in [-0.2, 0) is 0 Å². The van der Waals surface area contributed by atoms with Crippen LogP contribution in [0, 0.1) is 11.3 Å². The zero-order chi connectivity index (χ0) is 14.4. The molecule has 0 spiro atoms. The van der Waals surface area contributed by atoms with Crippen molar-refractivity contribution in [2.24, 2.45) is 4.99 Å². The molecule has 0 saturated carbocycles. The summed E-state index contributed by atoms with van der Waals surface area (Å²) in [5, 5.41) is 18.8. The van der Waals surface area contributed by atoms with E-state index >= 15 is 0 Å². The number of rotatable bonds is 3. The molecule has 0 aromatic rings. The summed E-state index contributed by atoms with van der Waals surface area (Å²) in [7, 11) is 3.70. The third kappa shape index (κ3) is 4.62. The van der Waals surface area contributed by atoms with E-state index in [0.29, 0.717) is 10.6 Å². The molecule has 0 bridgehead atoms. The SMILES string of the molecule is CC(=C(C#N)C(=S)N=CN(C)C)N1CCC(O)CC1. The smallest absolute Gasteiger partial charge is 0.147 e. The molecule has 1 aliphatic rings. The summed E-state index contributed by atoms with van der Waals surface area (Å²) >= 11 is 5.18. The standard InChI is InChI=1S/C13H20N4OS/c1-10(17-6-4-11(18)5-7-17)12(8-14)13(19)15-9-16(2)3/h9,11,18H,4-7H2,1-3H3. The molecule has 19 heavy (non-hydrogen) atoms. The molecule has 0 radical (unpaired) electrons. The minimum Gasteiger partial charge on any atom is -0.393 e. The van der Waals surface area contributed by atoms with Crippen LogP contribution >= 0.6 is 12.2 Å². The summed E-state index contributed by atoms with van der Waals surface area (Å²) in [4.78, 5) is 8.26. The number of piperidine rings is 1. The number of thiocarbonyl (C=S) groups is 1. The molecule has 0 atom stereocenters. The van der Waals surface area contributed by atoms with E-state index in [9.17, 15) is 10.4 Å². The molecule has 1 fully saturated rings. The van der Waals surface area contributed by atoms with E-state index < -0.39 is 0 Å². The molecule has 1 rings (SSSR count). The zero-order valence-electron chi connectivity index (χ0n) is 11.6. The lowest BCUT2D eigenvalue weighted by Gasteiger charge is -2.32. The molecule has 0 aromatic heterocycles. The zero-order valence-corrected chi connectivity index (χ0v) is 12.4. The van der Waals surface area contributed by atoms with Gasteiger partial charge in [-0.2, -0.15) is 5.26 Å². The van der Waals surface area contributed by atoms with Crippen molar-refractivity contribution in [3.8, 4) is 6.07 Å². The number of aliphatic imine (C=N–C) groups is 1. The van der Waals surface area contributed by atoms with Gasteiger partial charge in [-0.05, 0) is 19.8 Å². The topological polar surface area (TPSA) is 62.9 Å². The average molecular weight is 280 g/mol. The van der Waals surface area contributed by atoms with Gasteiger partial charge in [0.25, 0.3) is 0 Å². The van der Waals surface area contributed by atoms with Crippen LogP contribution in [0.4, 0.5) is 0 Å². The van der Waals surface area contributed by atoms with Crippen LogP contribution in [-0.4, -0.2) is 59.5 Å². The number of nitrogens with zero attached hydrogens (tertiary/aromatic N) is 4. The molecule has 5 nitrogen and oxygen atoms in total. The van der Waals surface area contributed by atoms with E-state index in [2.05, 4.69) is 16.0 Å². The summed E-state index contributed by atoms with van der Waals surface area (Å²) < 4.78 is 0. The van der Waals surface area contributed by atoms with Gasteiger partial charge in [0.15, 0.2) is 0 Å². The molecule has 1 heterocycles. The number of hydrogen-bond acceptors (Lipinski definition) is 4. The van der Waals surface area contributed by atoms with Gasteiger partial charge in [-0.15, -0.1) is 0 Å². The molecule has 1 saturated heterocycles. The minimum absolute atomic E-state index is 0.228. The summed E-state index contributed by atoms with van der Waals surface area (Å²) in [6.07, 6.45) is 2.81. The third-order valence-corrected chi connectivity index (χ3v) is 3.34. The van der Waals surface area contributed by atoms with Crippen LogP contribution < -0.4 is 0 Å². The molecule has 6 heteroatoms. The second-order valence-corrected chi connectivity index (χ2v) is 5.19. The lowest BCUT2D eigenvalue weighted by atomic mass is 10.1. The normalized spacial score (nSPS) is 18.2. The quantitative estimate of drug-likeness (QED) is 0.276. The van der Waals surface area contributed by atoms with Gasteiger partial charge in [0.2, 0.25) is 0 Å². The van der Waals surface area contributed by atoms with Gasteiger partial charge < -0.3 is 14.9 Å². The van der Waals surface area contributed by atoms with Crippen molar-refractivity contribution >= 4 is 23.5 Å². The maximum Gasteiger partial charge on any atom is 0.147 e. The fourth-order valence-corrected chi connectivity index (χ4v) is 2.12. The Morgan fingerprint density at radius 3 is 2.53 bits per heavy atom. The van der Waals surface area contributed by atoms with Crippen LogP contribution in [0.25, 0.3) is 0 Å². The Morgan fingerprint density at radius 1 is 1.47 bits per heavy atom. The average Bonchev–Trinajstić information content (AvgIpc) is 2.37. The van der Waals surface area contributed by atoms with Crippen LogP contribution in [0.5, 0.6) is 0 Å². The van der Waals surface area contributed by atoms with Gasteiger partial charge in [-0.25, -0.2) is 4.99 Å². The van der Waals surface area contributed by atoms with Gasteiger partial charge >= 0.3 is 0 Å². The van der Waals surface area contributed by atoms with E-state index in [4.69, 9.17) is 12.2 Å². The highest BCUT2D eigenvalue weighted by atomic mass is 32.1. The number of nitriles is 1. The number of hydrogen-bond donors (Lipinski definition) is 1. The van der Waals surface area contributed by atoms with E-state index in [-0.39, 0.29) is 6.10 Å². The van der Waals surface area contributed by atoms with Crippen molar-refractivity contribution in [1.29, 1.82) is 5.26 Å². The first-order valence-electron chi connectivity index (χ1n) is 6.24. The first-order chi connectivity index (χ1) is 8.95. The Kier molecular flexibility index (Phi) is 5.93. The summed E-state index contributed by atoms with van der Waals surface area (Å²) in [6, 6.07) is 2.14. The predicted molar refractivity (Wildman–Crippen MR) is 79.9 cm³/mol. The first kappa shape index (κ1) is 15.6. The highest BCUT2D eigenvalue weighted by molar-refractivity contribution is 7.80. The molecule has 0 aliphatic carbocycles. The van der Waals surface area contributed by atoms with Crippen LogP contribution in [0.3, 0.4) is 0 Å². The van der Waals surface area contributed by atoms with E-state index in [0.717, 1.165) is 31.6 Å². The highest BCUT2D eigenvalue weighted by Gasteiger charge is 2.20. The van der Waals surface area contributed by atoms with Crippen molar-refractivity contribution in [1.82, 2.24) is 9.80 Å². The predicted octanol–water partition coefficient (Wildman–Crippen LogP) is 1.16. The summed E-state index contributed by atoms with van der Waals surface area (Å²) in [5.74, 6) is 0. The molecular weight excluding hydrogens is 260 g/mol. The van der Waals surface area contributed by atoms with Gasteiger partial charge in [-0.1, -0.05) is 12.2 Å². The highest BCUT2D eigenvalue weighted by Crippen LogP contribution is 2.18. The van der Waals surface area contributed by atoms with Crippen LogP contribution in [0.1, 0.15) is 19.8 Å². The van der Waals surface area contributed by atoms with Crippen molar-refractivity contribution < 1.29 is 5.11 Å². The first-order valence-corrected chi connectivity index (χ1v) is 6.65. The fraction of sp³-hybridized carbons (Fsp3) is 0.615. The minimum atomic E-state index is -0.228. The Hall–Kier alpha value is -1.45. The van der Waals surface area contributed by atoms with Crippen LogP contribution in [0.15, 0.2) is 16.3 Å². The second-order valence-electron chi connectivity index (χ2n) is 4.80. The molecule has 0 aromatic carbocycles. The Labute approximate surface area is 119 Å². The maximum absolute atomic E-state index is 9.50. The fourth-order valence-electron chi connectivity index (χ4n) is 1.88. The molecule has 104 valence electrons. The van der Waals surface area contributed by atoms with Crippen molar-refractivity contribution in [3.05, 3.63) is 11.3 Å². The van der Waals surface area contributed by atoms with Gasteiger partial charge in [-0.3, -0.25) is 0 Å². The maximum atomic E-state index is 9.50. The molecule has 0 unspecified atom stereocenters. The monoisotopic (exact) mass is 280 g/mol. The summed E-state index contributed by atoms with van der Waals surface area (Å²) in [5.41, 5.74) is 1.28. The Morgan fingerprint density at radius 2 is 2.05 bits per heavy atom. The molecular formula is C13H20N4OS. The van der Waals surface area contributed by atoms with Crippen molar-refractivity contribution in [2.75, 3.05) is 27.2 Å². The molecule has 1 aliphatic heterocycles. The number of allylic oxidation sites excluding steroid dienone is 1. The van der Waals surface area contributed by atoms with Gasteiger partial charge in [0.05, 0.1) is 12.4 Å². The summed E-state index contributed by atoms with van der Waals surface area (Å²) in [6.45, 7) is 3.38. The van der Waals surface area contributed by atoms with E-state index in [1.165, 1.54) is 0 Å². The van der Waals surface area contributed by atoms with Crippen molar-refractivity contribution in [3.63, 3.8) is 0 Å². The molecule has 0 amide bonds. The Bertz CT molecular complexity index is 428. The van der Waals surface area contributed by atoms with Gasteiger partial charge in [0, 0.05) is 32.9 Å². The lowest BCUT2D eigenvalue weighted by molar-refractivity contribution is 0.0970.